The van der Waals surface area contributed by atoms with Crippen LogP contribution in [0.4, 0.5) is 5.69 Å². The van der Waals surface area contributed by atoms with Gasteiger partial charge < -0.3 is 5.32 Å². The standard InChI is InChI=1S/C12H18N2/c1-13-11-7-8-12(14-9-11)10-5-3-2-4-6-10/h7-10,13H,2-6H2,1H3. The molecule has 1 saturated carbocycles. The van der Waals surface area contributed by atoms with Gasteiger partial charge in [-0.05, 0) is 25.0 Å². The van der Waals surface area contributed by atoms with Crippen molar-refractivity contribution in [1.82, 2.24) is 4.98 Å². The second kappa shape index (κ2) is 4.45. The van der Waals surface area contributed by atoms with Crippen molar-refractivity contribution in [1.29, 1.82) is 0 Å². The minimum absolute atomic E-state index is 0.717. The molecule has 1 aliphatic rings. The molecule has 1 N–H and O–H groups in total. The van der Waals surface area contributed by atoms with Crippen LogP contribution in [0.1, 0.15) is 43.7 Å². The Kier molecular flexibility index (Phi) is 3.02. The Morgan fingerprint density at radius 3 is 2.57 bits per heavy atom. The van der Waals surface area contributed by atoms with Gasteiger partial charge in [-0.3, -0.25) is 4.98 Å². The van der Waals surface area contributed by atoms with E-state index in [0.717, 1.165) is 11.6 Å². The van der Waals surface area contributed by atoms with Gasteiger partial charge in [0.05, 0.1) is 11.9 Å². The minimum Gasteiger partial charge on any atom is -0.387 e. The van der Waals surface area contributed by atoms with Crippen molar-refractivity contribution in [3.05, 3.63) is 24.0 Å². The summed E-state index contributed by atoms with van der Waals surface area (Å²) in [5, 5.41) is 3.09. The number of rotatable bonds is 2. The molecule has 2 nitrogen and oxygen atoms in total. The zero-order valence-electron chi connectivity index (χ0n) is 8.79. The lowest BCUT2D eigenvalue weighted by molar-refractivity contribution is 0.437. The fraction of sp³-hybridized carbons (Fsp3) is 0.583. The summed E-state index contributed by atoms with van der Waals surface area (Å²) in [6.45, 7) is 0. The van der Waals surface area contributed by atoms with E-state index in [0.29, 0.717) is 0 Å². The van der Waals surface area contributed by atoms with Gasteiger partial charge in [0.25, 0.3) is 0 Å². The van der Waals surface area contributed by atoms with Crippen LogP contribution >= 0.6 is 0 Å². The van der Waals surface area contributed by atoms with Crippen LogP contribution in [-0.2, 0) is 0 Å². The van der Waals surface area contributed by atoms with Crippen molar-refractivity contribution < 1.29 is 0 Å². The van der Waals surface area contributed by atoms with Crippen molar-refractivity contribution in [2.24, 2.45) is 0 Å². The number of aromatic nitrogens is 1. The largest absolute Gasteiger partial charge is 0.387 e. The second-order valence-corrected chi connectivity index (χ2v) is 4.06. The highest BCUT2D eigenvalue weighted by molar-refractivity contribution is 5.40. The Morgan fingerprint density at radius 1 is 1.21 bits per heavy atom. The fourth-order valence-electron chi connectivity index (χ4n) is 2.19. The van der Waals surface area contributed by atoms with Gasteiger partial charge >= 0.3 is 0 Å². The van der Waals surface area contributed by atoms with Crippen LogP contribution in [0.15, 0.2) is 18.3 Å². The summed E-state index contributed by atoms with van der Waals surface area (Å²) in [4.78, 5) is 4.51. The molecule has 1 aromatic rings. The number of anilines is 1. The lowest BCUT2D eigenvalue weighted by Crippen LogP contribution is -2.06. The molecule has 1 aromatic heterocycles. The molecule has 0 spiro atoms. The van der Waals surface area contributed by atoms with Crippen LogP contribution < -0.4 is 5.32 Å². The Morgan fingerprint density at radius 2 is 2.00 bits per heavy atom. The molecule has 0 unspecified atom stereocenters. The maximum atomic E-state index is 4.51. The Labute approximate surface area is 85.7 Å². The molecular formula is C12H18N2. The lowest BCUT2D eigenvalue weighted by Gasteiger charge is -2.20. The molecule has 14 heavy (non-hydrogen) atoms. The fourth-order valence-corrected chi connectivity index (χ4v) is 2.19. The van der Waals surface area contributed by atoms with E-state index in [9.17, 15) is 0 Å². The average Bonchev–Trinajstić information content (AvgIpc) is 2.30. The molecule has 0 saturated heterocycles. The maximum absolute atomic E-state index is 4.51. The molecule has 1 heterocycles. The first-order valence-corrected chi connectivity index (χ1v) is 5.54. The summed E-state index contributed by atoms with van der Waals surface area (Å²) in [5.74, 6) is 0.717. The van der Waals surface area contributed by atoms with Crippen molar-refractivity contribution >= 4 is 5.69 Å². The van der Waals surface area contributed by atoms with Crippen LogP contribution in [0.5, 0.6) is 0 Å². The maximum Gasteiger partial charge on any atom is 0.0524 e. The summed E-state index contributed by atoms with van der Waals surface area (Å²) >= 11 is 0. The molecular weight excluding hydrogens is 172 g/mol. The van der Waals surface area contributed by atoms with E-state index in [-0.39, 0.29) is 0 Å². The van der Waals surface area contributed by atoms with Gasteiger partial charge in [0.2, 0.25) is 0 Å². The molecule has 0 atom stereocenters. The van der Waals surface area contributed by atoms with Gasteiger partial charge in [0.1, 0.15) is 0 Å². The summed E-state index contributed by atoms with van der Waals surface area (Å²) in [6.07, 6.45) is 8.74. The molecule has 0 radical (unpaired) electrons. The van der Waals surface area contributed by atoms with Gasteiger partial charge in [-0.1, -0.05) is 19.3 Å². The zero-order chi connectivity index (χ0) is 9.80. The smallest absolute Gasteiger partial charge is 0.0524 e. The third kappa shape index (κ3) is 2.06. The van der Waals surface area contributed by atoms with Crippen molar-refractivity contribution in [2.45, 2.75) is 38.0 Å². The number of hydrogen-bond acceptors (Lipinski definition) is 2. The molecule has 1 aliphatic carbocycles. The minimum atomic E-state index is 0.717. The molecule has 0 aromatic carbocycles. The molecule has 76 valence electrons. The van der Waals surface area contributed by atoms with Crippen molar-refractivity contribution in [3.8, 4) is 0 Å². The van der Waals surface area contributed by atoms with E-state index in [4.69, 9.17) is 0 Å². The van der Waals surface area contributed by atoms with E-state index in [1.54, 1.807) is 0 Å². The van der Waals surface area contributed by atoms with Crippen LogP contribution in [0.25, 0.3) is 0 Å². The lowest BCUT2D eigenvalue weighted by atomic mass is 9.87. The molecule has 0 amide bonds. The SMILES string of the molecule is CNc1ccc(C2CCCCC2)nc1. The molecule has 0 aliphatic heterocycles. The summed E-state index contributed by atoms with van der Waals surface area (Å²) in [7, 11) is 1.93. The average molecular weight is 190 g/mol. The van der Waals surface area contributed by atoms with Gasteiger partial charge in [-0.2, -0.15) is 0 Å². The van der Waals surface area contributed by atoms with E-state index in [1.807, 2.05) is 13.2 Å². The first-order chi connectivity index (χ1) is 6.90. The molecule has 1 fully saturated rings. The Balaban J connectivity index is 2.07. The quantitative estimate of drug-likeness (QED) is 0.774. The number of nitrogens with one attached hydrogen (secondary N) is 1. The first kappa shape index (κ1) is 9.50. The number of nitrogens with zero attached hydrogens (tertiary/aromatic N) is 1. The van der Waals surface area contributed by atoms with Gasteiger partial charge in [-0.15, -0.1) is 0 Å². The summed E-state index contributed by atoms with van der Waals surface area (Å²) in [6, 6.07) is 4.29. The number of hydrogen-bond donors (Lipinski definition) is 1. The number of pyridine rings is 1. The van der Waals surface area contributed by atoms with E-state index < -0.39 is 0 Å². The summed E-state index contributed by atoms with van der Waals surface area (Å²) in [5.41, 5.74) is 2.38. The van der Waals surface area contributed by atoms with Gasteiger partial charge in [0, 0.05) is 18.7 Å². The first-order valence-electron chi connectivity index (χ1n) is 5.54. The monoisotopic (exact) mass is 190 g/mol. The highest BCUT2D eigenvalue weighted by Crippen LogP contribution is 2.31. The highest BCUT2D eigenvalue weighted by Gasteiger charge is 2.15. The second-order valence-electron chi connectivity index (χ2n) is 4.06. The zero-order valence-corrected chi connectivity index (χ0v) is 8.79. The third-order valence-electron chi connectivity index (χ3n) is 3.10. The van der Waals surface area contributed by atoms with Crippen molar-refractivity contribution in [2.75, 3.05) is 12.4 Å². The van der Waals surface area contributed by atoms with Gasteiger partial charge in [-0.25, -0.2) is 0 Å². The van der Waals surface area contributed by atoms with E-state index in [1.165, 1.54) is 37.8 Å². The van der Waals surface area contributed by atoms with Crippen LogP contribution in [-0.4, -0.2) is 12.0 Å². The molecule has 2 heteroatoms. The topological polar surface area (TPSA) is 24.9 Å². The molecule has 0 bridgehead atoms. The van der Waals surface area contributed by atoms with Crippen LogP contribution in [0, 0.1) is 0 Å². The Hall–Kier alpha value is -1.05. The van der Waals surface area contributed by atoms with Crippen molar-refractivity contribution in [3.63, 3.8) is 0 Å². The van der Waals surface area contributed by atoms with E-state index in [2.05, 4.69) is 22.4 Å². The highest BCUT2D eigenvalue weighted by atomic mass is 14.8. The van der Waals surface area contributed by atoms with Crippen LogP contribution in [0.3, 0.4) is 0 Å². The predicted octanol–water partition coefficient (Wildman–Crippen LogP) is 3.17. The Bertz CT molecular complexity index is 273. The molecule has 2 rings (SSSR count). The predicted molar refractivity (Wildman–Crippen MR) is 59.6 cm³/mol. The summed E-state index contributed by atoms with van der Waals surface area (Å²) < 4.78 is 0. The normalized spacial score (nSPS) is 18.1. The van der Waals surface area contributed by atoms with Crippen LogP contribution in [0.2, 0.25) is 0 Å². The van der Waals surface area contributed by atoms with E-state index >= 15 is 0 Å². The third-order valence-corrected chi connectivity index (χ3v) is 3.10. The van der Waals surface area contributed by atoms with Gasteiger partial charge in [0.15, 0.2) is 0 Å².